The fraction of sp³-hybridized carbons (Fsp3) is 0.211. The van der Waals surface area contributed by atoms with E-state index in [2.05, 4.69) is 9.97 Å². The summed E-state index contributed by atoms with van der Waals surface area (Å²) >= 11 is 0. The van der Waals surface area contributed by atoms with E-state index in [1.807, 2.05) is 72.8 Å². The van der Waals surface area contributed by atoms with Crippen LogP contribution in [-0.2, 0) is 4.65 Å². The van der Waals surface area contributed by atoms with Crippen molar-refractivity contribution in [3.05, 3.63) is 127 Å². The highest BCUT2D eigenvalue weighted by Crippen LogP contribution is 2.27. The highest BCUT2D eigenvalue weighted by atomic mass is 16.5. The summed E-state index contributed by atoms with van der Waals surface area (Å²) in [6.45, 7) is 6.93. The number of amides is 2. The third-order valence-electron chi connectivity index (χ3n) is 8.43. The van der Waals surface area contributed by atoms with Gasteiger partial charge in [0.2, 0.25) is 0 Å². The first-order chi connectivity index (χ1) is 22.3. The average Bonchev–Trinajstić information content (AvgIpc) is 3.09. The maximum atomic E-state index is 13.7. The van der Waals surface area contributed by atoms with Gasteiger partial charge in [-0.2, -0.15) is 0 Å². The Morgan fingerprint density at radius 2 is 1.09 bits per heavy atom. The van der Waals surface area contributed by atoms with Gasteiger partial charge in [-0.1, -0.05) is 60.7 Å². The molecule has 0 saturated carbocycles. The number of rotatable bonds is 10. The molecule has 0 fully saturated rings. The summed E-state index contributed by atoms with van der Waals surface area (Å²) in [6.07, 6.45) is 3.13. The molecule has 9 heteroatoms. The number of anilines is 2. The van der Waals surface area contributed by atoms with Crippen LogP contribution in [0.3, 0.4) is 0 Å². The second-order valence-electron chi connectivity index (χ2n) is 12.4. The highest BCUT2D eigenvalue weighted by molar-refractivity contribution is 6.47. The number of carbonyl (C=O) groups excluding carboxylic acids is 2. The molecule has 0 aliphatic carbocycles. The summed E-state index contributed by atoms with van der Waals surface area (Å²) in [5.41, 5.74) is 3.88. The number of nitrogens with zero attached hydrogens (tertiary/aromatic N) is 4. The van der Waals surface area contributed by atoms with E-state index >= 15 is 0 Å². The Bertz CT molecular complexity index is 1720. The van der Waals surface area contributed by atoms with Crippen LogP contribution in [0, 0.1) is 0 Å². The fourth-order valence-electron chi connectivity index (χ4n) is 4.65. The topological polar surface area (TPSA) is 95.9 Å². The summed E-state index contributed by atoms with van der Waals surface area (Å²) in [6, 6.07) is 32.0. The number of hydrogen-bond acceptors (Lipinski definition) is 6. The Labute approximate surface area is 277 Å². The lowest BCUT2D eigenvalue weighted by molar-refractivity contribution is -0.0893. The van der Waals surface area contributed by atoms with Gasteiger partial charge < -0.3 is 19.6 Å². The molecule has 0 saturated heterocycles. The van der Waals surface area contributed by atoms with Crippen molar-refractivity contribution in [2.75, 3.05) is 23.9 Å². The van der Waals surface area contributed by atoms with E-state index in [-0.39, 0.29) is 11.8 Å². The third-order valence-corrected chi connectivity index (χ3v) is 8.43. The van der Waals surface area contributed by atoms with Crippen LogP contribution in [0.1, 0.15) is 48.4 Å². The molecule has 237 valence electrons. The number of aliphatic hydroxyl groups is 1. The standard InChI is InChI=1S/C38H38BN4O4/c1-37(2,46)38(3,4)47-39-30-21-31(42(5)35(44)28-17-19-33(40-24-28)26-13-9-7-10-14-26)23-32(22-30)43(6)36(45)29-18-20-34(41-25-29)27-15-11-8-12-16-27/h7-25,46H,1-6H3. The Morgan fingerprint density at radius 3 is 1.45 bits per heavy atom. The van der Waals surface area contributed by atoms with Gasteiger partial charge in [0.05, 0.1) is 33.7 Å². The maximum absolute atomic E-state index is 13.7. The van der Waals surface area contributed by atoms with Gasteiger partial charge in [0.25, 0.3) is 11.8 Å². The van der Waals surface area contributed by atoms with Crippen molar-refractivity contribution in [2.45, 2.75) is 38.9 Å². The van der Waals surface area contributed by atoms with Crippen LogP contribution in [-0.4, -0.2) is 59.7 Å². The first-order valence-electron chi connectivity index (χ1n) is 15.3. The Kier molecular flexibility index (Phi) is 9.70. The number of hydrogen-bond donors (Lipinski definition) is 1. The van der Waals surface area contributed by atoms with Gasteiger partial charge >= 0.3 is 7.48 Å². The molecule has 3 aromatic carbocycles. The van der Waals surface area contributed by atoms with Crippen molar-refractivity contribution in [1.29, 1.82) is 0 Å². The van der Waals surface area contributed by atoms with Crippen LogP contribution in [0.15, 0.2) is 116 Å². The Morgan fingerprint density at radius 1 is 0.660 bits per heavy atom. The fourth-order valence-corrected chi connectivity index (χ4v) is 4.65. The van der Waals surface area contributed by atoms with Crippen molar-refractivity contribution in [3.63, 3.8) is 0 Å². The van der Waals surface area contributed by atoms with Crippen LogP contribution < -0.4 is 15.3 Å². The van der Waals surface area contributed by atoms with Crippen LogP contribution in [0.2, 0.25) is 0 Å². The molecule has 0 atom stereocenters. The van der Waals surface area contributed by atoms with Gasteiger partial charge in [0.1, 0.15) is 0 Å². The molecule has 0 aliphatic heterocycles. The van der Waals surface area contributed by atoms with Gasteiger partial charge in [-0.05, 0) is 75.6 Å². The van der Waals surface area contributed by atoms with E-state index in [0.717, 1.165) is 22.5 Å². The van der Waals surface area contributed by atoms with E-state index in [1.54, 1.807) is 84.5 Å². The molecule has 47 heavy (non-hydrogen) atoms. The van der Waals surface area contributed by atoms with E-state index in [0.29, 0.717) is 28.0 Å². The SMILES string of the molecule is CN(C(=O)c1ccc(-c2ccccc2)nc1)c1cc([B]OC(C)(C)C(C)(C)O)cc(N(C)C(=O)c2ccc(-c3ccccc3)nc2)c1. The van der Waals surface area contributed by atoms with Gasteiger partial charge in [0.15, 0.2) is 0 Å². The number of benzene rings is 3. The molecule has 0 bridgehead atoms. The summed E-state index contributed by atoms with van der Waals surface area (Å²) in [5.74, 6) is -0.541. The average molecular weight is 626 g/mol. The van der Waals surface area contributed by atoms with E-state index < -0.39 is 11.2 Å². The highest BCUT2D eigenvalue weighted by Gasteiger charge is 2.36. The Hall–Kier alpha value is -5.12. The van der Waals surface area contributed by atoms with E-state index in [1.165, 1.54) is 17.3 Å². The first-order valence-corrected chi connectivity index (χ1v) is 15.3. The zero-order valence-electron chi connectivity index (χ0n) is 27.5. The molecule has 2 aromatic heterocycles. The van der Waals surface area contributed by atoms with Crippen molar-refractivity contribution >= 4 is 36.1 Å². The van der Waals surface area contributed by atoms with Crippen LogP contribution in [0.25, 0.3) is 22.5 Å². The smallest absolute Gasteiger partial charge is 0.331 e. The lowest BCUT2D eigenvalue weighted by Gasteiger charge is -2.37. The second-order valence-corrected chi connectivity index (χ2v) is 12.4. The lowest BCUT2D eigenvalue weighted by Crippen LogP contribution is -2.49. The lowest BCUT2D eigenvalue weighted by atomic mass is 9.82. The summed E-state index contributed by atoms with van der Waals surface area (Å²) < 4.78 is 6.05. The van der Waals surface area contributed by atoms with E-state index in [4.69, 9.17) is 4.65 Å². The van der Waals surface area contributed by atoms with Gasteiger partial charge in [-0.15, -0.1) is 0 Å². The number of pyridine rings is 2. The number of aromatic nitrogens is 2. The largest absolute Gasteiger partial charge is 0.427 e. The summed E-state index contributed by atoms with van der Waals surface area (Å²) in [7, 11) is 4.88. The Balaban J connectivity index is 1.43. The van der Waals surface area contributed by atoms with Crippen molar-refractivity contribution in [2.24, 2.45) is 0 Å². The van der Waals surface area contributed by atoms with Crippen LogP contribution in [0.4, 0.5) is 11.4 Å². The molecule has 5 aromatic rings. The zero-order valence-corrected chi connectivity index (χ0v) is 27.5. The van der Waals surface area contributed by atoms with Crippen LogP contribution in [0.5, 0.6) is 0 Å². The normalized spacial score (nSPS) is 11.6. The minimum absolute atomic E-state index is 0.271. The molecule has 1 radical (unpaired) electrons. The maximum Gasteiger partial charge on any atom is 0.331 e. The minimum Gasteiger partial charge on any atom is -0.427 e. The molecule has 0 aliphatic rings. The second kappa shape index (κ2) is 13.7. The van der Waals surface area contributed by atoms with Gasteiger partial charge in [-0.25, -0.2) is 0 Å². The quantitative estimate of drug-likeness (QED) is 0.187. The number of carbonyl (C=O) groups is 2. The predicted octanol–water partition coefficient (Wildman–Crippen LogP) is 6.17. The minimum atomic E-state index is -1.14. The van der Waals surface area contributed by atoms with Gasteiger partial charge in [-0.3, -0.25) is 19.6 Å². The monoisotopic (exact) mass is 625 g/mol. The molecular weight excluding hydrogens is 587 g/mol. The summed E-state index contributed by atoms with van der Waals surface area (Å²) in [4.78, 5) is 39.4. The third kappa shape index (κ3) is 7.65. The molecule has 0 unspecified atom stereocenters. The van der Waals surface area contributed by atoms with E-state index in [9.17, 15) is 14.7 Å². The molecule has 2 heterocycles. The van der Waals surface area contributed by atoms with Crippen molar-refractivity contribution in [3.8, 4) is 22.5 Å². The first kappa shape index (κ1) is 33.3. The zero-order chi connectivity index (χ0) is 33.8. The van der Waals surface area contributed by atoms with Crippen molar-refractivity contribution < 1.29 is 19.3 Å². The summed E-state index contributed by atoms with van der Waals surface area (Å²) in [5, 5.41) is 10.6. The van der Waals surface area contributed by atoms with Gasteiger partial charge in [0, 0.05) is 49.0 Å². The van der Waals surface area contributed by atoms with Crippen LogP contribution >= 0.6 is 0 Å². The molecule has 2 amide bonds. The predicted molar refractivity (Wildman–Crippen MR) is 188 cm³/mol. The molecular formula is C38H38BN4O4. The molecule has 0 spiro atoms. The molecule has 1 N–H and O–H groups in total. The molecule has 8 nitrogen and oxygen atoms in total. The molecule has 5 rings (SSSR count). The van der Waals surface area contributed by atoms with Crippen molar-refractivity contribution in [1.82, 2.24) is 9.97 Å².